The first-order valence-electron chi connectivity index (χ1n) is 6.06. The van der Waals surface area contributed by atoms with Gasteiger partial charge in [-0.2, -0.15) is 0 Å². The van der Waals surface area contributed by atoms with E-state index in [-0.39, 0.29) is 6.54 Å². The molecule has 0 saturated heterocycles. The molecule has 0 bridgehead atoms. The molecule has 0 radical (unpaired) electrons. The highest BCUT2D eigenvalue weighted by Crippen LogP contribution is 2.19. The van der Waals surface area contributed by atoms with Crippen molar-refractivity contribution in [2.24, 2.45) is 0 Å². The standard InChI is InChI=1S/C14H18BrNO4/c1-14(2,3)20-13(18)16-8-10-7-9(12(17)19-4)5-6-11(10)15/h5-7H,8H2,1-4H3,(H,16,18). The van der Waals surface area contributed by atoms with Crippen LogP contribution < -0.4 is 5.32 Å². The Morgan fingerprint density at radius 2 is 1.95 bits per heavy atom. The summed E-state index contributed by atoms with van der Waals surface area (Å²) < 4.78 is 10.6. The number of hydrogen-bond donors (Lipinski definition) is 1. The predicted molar refractivity (Wildman–Crippen MR) is 78.6 cm³/mol. The van der Waals surface area contributed by atoms with Crippen molar-refractivity contribution in [2.45, 2.75) is 32.9 Å². The summed E-state index contributed by atoms with van der Waals surface area (Å²) >= 11 is 3.37. The van der Waals surface area contributed by atoms with Crippen molar-refractivity contribution in [3.05, 3.63) is 33.8 Å². The van der Waals surface area contributed by atoms with Crippen molar-refractivity contribution in [3.8, 4) is 0 Å². The molecular weight excluding hydrogens is 326 g/mol. The molecule has 0 unspecified atom stereocenters. The van der Waals surface area contributed by atoms with E-state index in [0.29, 0.717) is 5.56 Å². The fraction of sp³-hybridized carbons (Fsp3) is 0.429. The van der Waals surface area contributed by atoms with E-state index in [0.717, 1.165) is 10.0 Å². The van der Waals surface area contributed by atoms with Crippen LogP contribution in [0, 0.1) is 0 Å². The fourth-order valence-electron chi connectivity index (χ4n) is 1.44. The molecule has 0 saturated carbocycles. The number of nitrogens with one attached hydrogen (secondary N) is 1. The van der Waals surface area contributed by atoms with Gasteiger partial charge in [-0.3, -0.25) is 0 Å². The third-order valence-electron chi connectivity index (χ3n) is 2.29. The average Bonchev–Trinajstić information content (AvgIpc) is 2.34. The summed E-state index contributed by atoms with van der Waals surface area (Å²) in [6.07, 6.45) is -0.507. The highest BCUT2D eigenvalue weighted by Gasteiger charge is 2.16. The summed E-state index contributed by atoms with van der Waals surface area (Å²) in [6, 6.07) is 5.04. The summed E-state index contributed by atoms with van der Waals surface area (Å²) in [5.41, 5.74) is 0.644. The van der Waals surface area contributed by atoms with Crippen LogP contribution in [0.15, 0.2) is 22.7 Å². The van der Waals surface area contributed by atoms with Gasteiger partial charge in [-0.05, 0) is 44.5 Å². The van der Waals surface area contributed by atoms with Crippen LogP contribution in [0.25, 0.3) is 0 Å². The van der Waals surface area contributed by atoms with E-state index >= 15 is 0 Å². The van der Waals surface area contributed by atoms with E-state index in [1.54, 1.807) is 39.0 Å². The van der Waals surface area contributed by atoms with Crippen LogP contribution in [-0.4, -0.2) is 24.8 Å². The second kappa shape index (κ2) is 6.74. The largest absolute Gasteiger partial charge is 0.465 e. The second-order valence-electron chi connectivity index (χ2n) is 5.15. The average molecular weight is 344 g/mol. The van der Waals surface area contributed by atoms with Crippen molar-refractivity contribution < 1.29 is 19.1 Å². The number of amides is 1. The van der Waals surface area contributed by atoms with Crippen molar-refractivity contribution in [3.63, 3.8) is 0 Å². The molecule has 0 aliphatic rings. The lowest BCUT2D eigenvalue weighted by molar-refractivity contribution is 0.0523. The van der Waals surface area contributed by atoms with Crippen LogP contribution in [0.4, 0.5) is 4.79 Å². The first kappa shape index (κ1) is 16.5. The zero-order chi connectivity index (χ0) is 15.3. The Kier molecular flexibility index (Phi) is 5.56. The molecule has 0 aromatic heterocycles. The zero-order valence-corrected chi connectivity index (χ0v) is 13.5. The van der Waals surface area contributed by atoms with E-state index in [4.69, 9.17) is 4.74 Å². The van der Waals surface area contributed by atoms with Crippen molar-refractivity contribution >= 4 is 28.0 Å². The molecule has 0 aliphatic heterocycles. The van der Waals surface area contributed by atoms with Crippen LogP contribution in [0.5, 0.6) is 0 Å². The Morgan fingerprint density at radius 1 is 1.30 bits per heavy atom. The van der Waals surface area contributed by atoms with Gasteiger partial charge < -0.3 is 14.8 Å². The molecule has 1 aromatic carbocycles. The molecule has 1 aromatic rings. The Labute approximate surface area is 126 Å². The first-order chi connectivity index (χ1) is 9.23. The molecule has 5 nitrogen and oxygen atoms in total. The Balaban J connectivity index is 2.72. The van der Waals surface area contributed by atoms with Gasteiger partial charge in [0.1, 0.15) is 5.60 Å². The zero-order valence-electron chi connectivity index (χ0n) is 12.0. The highest BCUT2D eigenvalue weighted by atomic mass is 79.9. The van der Waals surface area contributed by atoms with Crippen molar-refractivity contribution in [1.82, 2.24) is 5.32 Å². The van der Waals surface area contributed by atoms with E-state index < -0.39 is 17.7 Å². The molecule has 1 amide bonds. The van der Waals surface area contributed by atoms with Crippen molar-refractivity contribution in [1.29, 1.82) is 0 Å². The predicted octanol–water partition coefficient (Wildman–Crippen LogP) is 3.26. The first-order valence-corrected chi connectivity index (χ1v) is 6.86. The van der Waals surface area contributed by atoms with E-state index in [1.165, 1.54) is 7.11 Å². The van der Waals surface area contributed by atoms with Gasteiger partial charge >= 0.3 is 12.1 Å². The van der Waals surface area contributed by atoms with Gasteiger partial charge in [0, 0.05) is 11.0 Å². The highest BCUT2D eigenvalue weighted by molar-refractivity contribution is 9.10. The fourth-order valence-corrected chi connectivity index (χ4v) is 1.82. The van der Waals surface area contributed by atoms with Gasteiger partial charge in [0.15, 0.2) is 0 Å². The quantitative estimate of drug-likeness (QED) is 0.855. The number of benzene rings is 1. The molecule has 0 fully saturated rings. The lowest BCUT2D eigenvalue weighted by Crippen LogP contribution is -2.32. The van der Waals surface area contributed by atoms with Crippen LogP contribution in [-0.2, 0) is 16.0 Å². The Hall–Kier alpha value is -1.56. The summed E-state index contributed by atoms with van der Waals surface area (Å²) in [5.74, 6) is -0.420. The number of rotatable bonds is 3. The maximum atomic E-state index is 11.6. The van der Waals surface area contributed by atoms with Crippen molar-refractivity contribution in [2.75, 3.05) is 7.11 Å². The van der Waals surface area contributed by atoms with Gasteiger partial charge in [-0.1, -0.05) is 15.9 Å². The molecule has 0 heterocycles. The number of ether oxygens (including phenoxy) is 2. The summed E-state index contributed by atoms with van der Waals surface area (Å²) in [6.45, 7) is 5.63. The minimum absolute atomic E-state index is 0.250. The van der Waals surface area contributed by atoms with Gasteiger partial charge in [-0.15, -0.1) is 0 Å². The van der Waals surface area contributed by atoms with Gasteiger partial charge in [0.05, 0.1) is 12.7 Å². The maximum absolute atomic E-state index is 11.6. The smallest absolute Gasteiger partial charge is 0.407 e. The molecule has 1 N–H and O–H groups in total. The van der Waals surface area contributed by atoms with Gasteiger partial charge in [-0.25, -0.2) is 9.59 Å². The Bertz CT molecular complexity index is 508. The van der Waals surface area contributed by atoms with Crippen LogP contribution in [0.1, 0.15) is 36.7 Å². The molecule has 0 atom stereocenters. The lowest BCUT2D eigenvalue weighted by Gasteiger charge is -2.19. The minimum Gasteiger partial charge on any atom is -0.465 e. The number of carbonyl (C=O) groups excluding carboxylic acids is 2. The normalized spacial score (nSPS) is 10.8. The number of carbonyl (C=O) groups is 2. The Morgan fingerprint density at radius 3 is 2.50 bits per heavy atom. The molecule has 0 aliphatic carbocycles. The summed E-state index contributed by atoms with van der Waals surface area (Å²) in [5, 5.41) is 2.64. The number of methoxy groups -OCH3 is 1. The maximum Gasteiger partial charge on any atom is 0.407 e. The molecular formula is C14H18BrNO4. The number of hydrogen-bond acceptors (Lipinski definition) is 4. The minimum atomic E-state index is -0.546. The molecule has 20 heavy (non-hydrogen) atoms. The topological polar surface area (TPSA) is 64.6 Å². The van der Waals surface area contributed by atoms with Crippen LogP contribution in [0.2, 0.25) is 0 Å². The third kappa shape index (κ3) is 5.21. The lowest BCUT2D eigenvalue weighted by atomic mass is 10.1. The van der Waals surface area contributed by atoms with E-state index in [9.17, 15) is 9.59 Å². The van der Waals surface area contributed by atoms with Gasteiger partial charge in [0.25, 0.3) is 0 Å². The SMILES string of the molecule is COC(=O)c1ccc(Br)c(CNC(=O)OC(C)(C)C)c1. The summed E-state index contributed by atoms with van der Waals surface area (Å²) in [4.78, 5) is 23.0. The third-order valence-corrected chi connectivity index (χ3v) is 3.06. The van der Waals surface area contributed by atoms with Gasteiger partial charge in [0.2, 0.25) is 0 Å². The summed E-state index contributed by atoms with van der Waals surface area (Å²) in [7, 11) is 1.32. The van der Waals surface area contributed by atoms with Crippen LogP contribution in [0.3, 0.4) is 0 Å². The number of esters is 1. The molecule has 110 valence electrons. The second-order valence-corrected chi connectivity index (χ2v) is 6.01. The monoisotopic (exact) mass is 343 g/mol. The molecule has 1 rings (SSSR count). The molecule has 6 heteroatoms. The number of halogens is 1. The number of alkyl carbamates (subject to hydrolysis) is 1. The van der Waals surface area contributed by atoms with Crippen LogP contribution >= 0.6 is 15.9 Å². The molecule has 0 spiro atoms. The van der Waals surface area contributed by atoms with E-state index in [2.05, 4.69) is 26.0 Å². The van der Waals surface area contributed by atoms with E-state index in [1.807, 2.05) is 0 Å².